The Labute approximate surface area is 162 Å². The van der Waals surface area contributed by atoms with Gasteiger partial charge in [0, 0.05) is 18.2 Å². The molecule has 1 aromatic carbocycles. The number of hydrogen-bond acceptors (Lipinski definition) is 6. The smallest absolute Gasteiger partial charge is 0.322 e. The molecule has 0 unspecified atom stereocenters. The Morgan fingerprint density at radius 3 is 3.00 bits per heavy atom. The number of urea groups is 1. The zero-order valence-electron chi connectivity index (χ0n) is 15.8. The van der Waals surface area contributed by atoms with E-state index in [0.29, 0.717) is 37.3 Å². The maximum absolute atomic E-state index is 12.7. The van der Waals surface area contributed by atoms with Crippen molar-refractivity contribution in [2.45, 2.75) is 45.2 Å². The number of carbonyl (C=O) groups is 1. The quantitative estimate of drug-likeness (QED) is 0.675. The Balaban J connectivity index is 1.37. The first-order valence-corrected chi connectivity index (χ1v) is 9.51. The van der Waals surface area contributed by atoms with E-state index < -0.39 is 0 Å². The highest BCUT2D eigenvalue weighted by Crippen LogP contribution is 2.35. The SMILES string of the molecule is CCN(Cc1noc(C2CCC2)n1)C(=O)Nc1cccc(Cn2cncn2)c1. The lowest BCUT2D eigenvalue weighted by atomic mass is 9.85. The fraction of sp³-hybridized carbons (Fsp3) is 0.421. The Morgan fingerprint density at radius 1 is 1.39 bits per heavy atom. The number of anilines is 1. The Morgan fingerprint density at radius 2 is 2.29 bits per heavy atom. The van der Waals surface area contributed by atoms with E-state index in [9.17, 15) is 4.79 Å². The molecule has 1 saturated carbocycles. The lowest BCUT2D eigenvalue weighted by Gasteiger charge is -2.21. The molecule has 0 atom stereocenters. The predicted molar refractivity (Wildman–Crippen MR) is 102 cm³/mol. The molecule has 0 radical (unpaired) electrons. The first-order valence-electron chi connectivity index (χ1n) is 9.51. The normalized spacial score (nSPS) is 13.9. The maximum Gasteiger partial charge on any atom is 0.322 e. The van der Waals surface area contributed by atoms with Gasteiger partial charge in [0.15, 0.2) is 5.82 Å². The molecule has 9 nitrogen and oxygen atoms in total. The van der Waals surface area contributed by atoms with E-state index in [-0.39, 0.29) is 6.03 Å². The van der Waals surface area contributed by atoms with Crippen LogP contribution < -0.4 is 5.32 Å². The van der Waals surface area contributed by atoms with E-state index >= 15 is 0 Å². The molecule has 3 aromatic rings. The number of hydrogen-bond donors (Lipinski definition) is 1. The zero-order chi connectivity index (χ0) is 19.3. The van der Waals surface area contributed by atoms with Crippen LogP contribution in [0.25, 0.3) is 0 Å². The monoisotopic (exact) mass is 381 g/mol. The Hall–Kier alpha value is -3.23. The summed E-state index contributed by atoms with van der Waals surface area (Å²) in [6.45, 7) is 3.37. The lowest BCUT2D eigenvalue weighted by Crippen LogP contribution is -2.34. The molecule has 2 heterocycles. The topological polar surface area (TPSA) is 102 Å². The van der Waals surface area contributed by atoms with Crippen molar-refractivity contribution in [3.05, 3.63) is 54.2 Å². The first kappa shape index (κ1) is 18.1. The van der Waals surface area contributed by atoms with Crippen molar-refractivity contribution in [3.63, 3.8) is 0 Å². The molecule has 0 aliphatic heterocycles. The summed E-state index contributed by atoms with van der Waals surface area (Å²) in [5.41, 5.74) is 1.75. The third-order valence-corrected chi connectivity index (χ3v) is 4.93. The molecular weight excluding hydrogens is 358 g/mol. The molecule has 28 heavy (non-hydrogen) atoms. The van der Waals surface area contributed by atoms with Crippen LogP contribution in [0.5, 0.6) is 0 Å². The van der Waals surface area contributed by atoms with Crippen LogP contribution in [0.2, 0.25) is 0 Å². The van der Waals surface area contributed by atoms with Gasteiger partial charge < -0.3 is 14.7 Å². The van der Waals surface area contributed by atoms with Gasteiger partial charge in [0.2, 0.25) is 5.89 Å². The van der Waals surface area contributed by atoms with Gasteiger partial charge in [0.05, 0.1) is 13.1 Å². The van der Waals surface area contributed by atoms with Gasteiger partial charge in [-0.3, -0.25) is 0 Å². The van der Waals surface area contributed by atoms with Crippen LogP contribution in [0.15, 0.2) is 41.4 Å². The highest BCUT2D eigenvalue weighted by molar-refractivity contribution is 5.89. The van der Waals surface area contributed by atoms with E-state index in [1.165, 1.54) is 12.7 Å². The second-order valence-corrected chi connectivity index (χ2v) is 6.91. The molecule has 4 rings (SSSR count). The van der Waals surface area contributed by atoms with E-state index in [0.717, 1.165) is 24.1 Å². The number of rotatable bonds is 7. The molecule has 1 aliphatic carbocycles. The largest absolute Gasteiger partial charge is 0.339 e. The van der Waals surface area contributed by atoms with Crippen molar-refractivity contribution >= 4 is 11.7 Å². The van der Waals surface area contributed by atoms with Gasteiger partial charge in [0.25, 0.3) is 0 Å². The molecule has 9 heteroatoms. The van der Waals surface area contributed by atoms with Crippen molar-refractivity contribution in [2.24, 2.45) is 0 Å². The highest BCUT2D eigenvalue weighted by atomic mass is 16.5. The summed E-state index contributed by atoms with van der Waals surface area (Å²) in [7, 11) is 0. The second-order valence-electron chi connectivity index (χ2n) is 6.91. The molecule has 0 spiro atoms. The molecule has 1 fully saturated rings. The van der Waals surface area contributed by atoms with E-state index in [1.807, 2.05) is 31.2 Å². The van der Waals surface area contributed by atoms with Gasteiger partial charge in [-0.15, -0.1) is 0 Å². The number of aromatic nitrogens is 5. The average molecular weight is 381 g/mol. The third-order valence-electron chi connectivity index (χ3n) is 4.93. The first-order chi connectivity index (χ1) is 13.7. The van der Waals surface area contributed by atoms with Crippen LogP contribution in [0, 0.1) is 0 Å². The molecule has 2 amide bonds. The number of amides is 2. The predicted octanol–water partition coefficient (Wildman–Crippen LogP) is 3.03. The van der Waals surface area contributed by atoms with E-state index in [4.69, 9.17) is 4.52 Å². The molecule has 1 aliphatic rings. The van der Waals surface area contributed by atoms with Crippen LogP contribution in [0.3, 0.4) is 0 Å². The fourth-order valence-corrected chi connectivity index (χ4v) is 3.10. The minimum Gasteiger partial charge on any atom is -0.339 e. The Kier molecular flexibility index (Phi) is 5.31. The minimum atomic E-state index is -0.199. The van der Waals surface area contributed by atoms with Crippen molar-refractivity contribution in [2.75, 3.05) is 11.9 Å². The van der Waals surface area contributed by atoms with Gasteiger partial charge in [-0.05, 0) is 37.5 Å². The molecule has 146 valence electrons. The third kappa shape index (κ3) is 4.19. The summed E-state index contributed by atoms with van der Waals surface area (Å²) in [5.74, 6) is 1.62. The fourth-order valence-electron chi connectivity index (χ4n) is 3.10. The van der Waals surface area contributed by atoms with Gasteiger partial charge in [-0.2, -0.15) is 10.1 Å². The molecule has 0 saturated heterocycles. The van der Waals surface area contributed by atoms with Crippen LogP contribution in [0.1, 0.15) is 49.4 Å². The molecule has 2 aromatic heterocycles. The lowest BCUT2D eigenvalue weighted by molar-refractivity contribution is 0.210. The van der Waals surface area contributed by atoms with E-state index in [2.05, 4.69) is 25.5 Å². The van der Waals surface area contributed by atoms with Crippen molar-refractivity contribution in [1.82, 2.24) is 29.8 Å². The molecule has 1 N–H and O–H groups in total. The van der Waals surface area contributed by atoms with Crippen molar-refractivity contribution in [3.8, 4) is 0 Å². The van der Waals surface area contributed by atoms with Crippen LogP contribution >= 0.6 is 0 Å². The van der Waals surface area contributed by atoms with Crippen LogP contribution in [-0.2, 0) is 13.1 Å². The van der Waals surface area contributed by atoms with Crippen LogP contribution in [-0.4, -0.2) is 42.4 Å². The highest BCUT2D eigenvalue weighted by Gasteiger charge is 2.26. The summed E-state index contributed by atoms with van der Waals surface area (Å²) in [5, 5.41) is 11.1. The summed E-state index contributed by atoms with van der Waals surface area (Å²) >= 11 is 0. The second kappa shape index (κ2) is 8.20. The maximum atomic E-state index is 12.7. The standard InChI is InChI=1S/C19H23N7O2/c1-2-25(11-17-23-18(28-24-17)15-6-4-7-15)19(27)22-16-8-3-5-14(9-16)10-26-13-20-12-21-26/h3,5,8-9,12-13,15H,2,4,6-7,10-11H2,1H3,(H,22,27). The summed E-state index contributed by atoms with van der Waals surface area (Å²) in [4.78, 5) is 22.7. The van der Waals surface area contributed by atoms with Gasteiger partial charge in [-0.1, -0.05) is 23.7 Å². The summed E-state index contributed by atoms with van der Waals surface area (Å²) in [6, 6.07) is 7.48. The number of benzene rings is 1. The minimum absolute atomic E-state index is 0.199. The van der Waals surface area contributed by atoms with Crippen molar-refractivity contribution in [1.29, 1.82) is 0 Å². The Bertz CT molecular complexity index is 918. The van der Waals surface area contributed by atoms with Crippen molar-refractivity contribution < 1.29 is 9.32 Å². The van der Waals surface area contributed by atoms with E-state index in [1.54, 1.807) is 15.9 Å². The molecular formula is C19H23N7O2. The number of nitrogens with one attached hydrogen (secondary N) is 1. The zero-order valence-corrected chi connectivity index (χ0v) is 15.8. The summed E-state index contributed by atoms with van der Waals surface area (Å²) < 4.78 is 7.08. The van der Waals surface area contributed by atoms with Gasteiger partial charge >= 0.3 is 6.03 Å². The number of carbonyl (C=O) groups excluding carboxylic acids is 1. The average Bonchev–Trinajstić information content (AvgIpc) is 3.31. The van der Waals surface area contributed by atoms with Crippen LogP contribution in [0.4, 0.5) is 10.5 Å². The number of nitrogens with zero attached hydrogens (tertiary/aromatic N) is 6. The molecule has 0 bridgehead atoms. The van der Waals surface area contributed by atoms with Gasteiger partial charge in [0.1, 0.15) is 12.7 Å². The summed E-state index contributed by atoms with van der Waals surface area (Å²) in [6.07, 6.45) is 6.57. The van der Waals surface area contributed by atoms with Gasteiger partial charge in [-0.25, -0.2) is 14.5 Å².